The monoisotopic (exact) mass is 323 g/mol. The number of likely N-dealkylation sites (tertiary alicyclic amines) is 1. The molecule has 1 saturated heterocycles. The van der Waals surface area contributed by atoms with Gasteiger partial charge in [-0.3, -0.25) is 9.78 Å². The molecule has 1 fully saturated rings. The molecule has 3 heterocycles. The van der Waals surface area contributed by atoms with Gasteiger partial charge >= 0.3 is 6.18 Å². The van der Waals surface area contributed by atoms with Crippen molar-refractivity contribution in [2.24, 2.45) is 0 Å². The second-order valence-electron chi connectivity index (χ2n) is 5.69. The second kappa shape index (κ2) is 5.72. The molecule has 0 aromatic carbocycles. The Labute approximate surface area is 131 Å². The molecule has 0 saturated carbocycles. The zero-order valence-electron chi connectivity index (χ0n) is 12.6. The van der Waals surface area contributed by atoms with Crippen LogP contribution in [0.5, 0.6) is 0 Å². The maximum atomic E-state index is 12.5. The Kier molecular flexibility index (Phi) is 3.87. The Morgan fingerprint density at radius 2 is 2.09 bits per heavy atom. The number of amides is 1. The van der Waals surface area contributed by atoms with Crippen molar-refractivity contribution in [1.82, 2.24) is 14.9 Å². The molecule has 1 amide bonds. The van der Waals surface area contributed by atoms with Crippen LogP contribution in [-0.4, -0.2) is 33.9 Å². The molecule has 1 aliphatic rings. The van der Waals surface area contributed by atoms with Gasteiger partial charge in [0.2, 0.25) is 0 Å². The van der Waals surface area contributed by atoms with E-state index in [-0.39, 0.29) is 5.91 Å². The molecular formula is C16H16F3N3O. The third-order valence-electron chi connectivity index (χ3n) is 4.11. The summed E-state index contributed by atoms with van der Waals surface area (Å²) in [4.78, 5) is 20.4. The number of halogens is 3. The van der Waals surface area contributed by atoms with Crippen LogP contribution < -0.4 is 0 Å². The van der Waals surface area contributed by atoms with Crippen LogP contribution in [0.15, 0.2) is 24.5 Å². The highest BCUT2D eigenvalue weighted by Crippen LogP contribution is 2.27. The lowest BCUT2D eigenvalue weighted by Crippen LogP contribution is -2.42. The van der Waals surface area contributed by atoms with Gasteiger partial charge in [0.05, 0.1) is 0 Å². The van der Waals surface area contributed by atoms with Gasteiger partial charge in [-0.15, -0.1) is 0 Å². The fourth-order valence-electron chi connectivity index (χ4n) is 2.54. The van der Waals surface area contributed by atoms with E-state index in [0.29, 0.717) is 17.7 Å². The van der Waals surface area contributed by atoms with Gasteiger partial charge in [0.1, 0.15) is 11.4 Å². The first kappa shape index (κ1) is 15.6. The summed E-state index contributed by atoms with van der Waals surface area (Å²) in [6.07, 6.45) is -0.0120. The second-order valence-corrected chi connectivity index (χ2v) is 5.69. The number of nitrogens with one attached hydrogen (secondary N) is 1. The zero-order valence-corrected chi connectivity index (χ0v) is 12.6. The predicted octanol–water partition coefficient (Wildman–Crippen LogP) is 3.17. The van der Waals surface area contributed by atoms with Crippen molar-refractivity contribution in [3.8, 4) is 0 Å². The molecule has 23 heavy (non-hydrogen) atoms. The topological polar surface area (TPSA) is 49.0 Å². The molecule has 0 radical (unpaired) electrons. The van der Waals surface area contributed by atoms with Gasteiger partial charge in [-0.25, -0.2) is 0 Å². The third kappa shape index (κ3) is 3.09. The third-order valence-corrected chi connectivity index (χ3v) is 4.11. The number of aromatic amines is 1. The smallest absolute Gasteiger partial charge is 0.357 e. The number of alkyl halides is 3. The fraction of sp³-hybridized carbons (Fsp3) is 0.375. The summed E-state index contributed by atoms with van der Waals surface area (Å²) in [6, 6.07) is 2.39. The number of hydrogen-bond donors (Lipinski definition) is 1. The molecule has 0 unspecified atom stereocenters. The summed E-state index contributed by atoms with van der Waals surface area (Å²) in [7, 11) is 0. The maximum Gasteiger partial charge on any atom is 0.433 e. The number of nitrogens with zero attached hydrogens (tertiary/aromatic N) is 2. The van der Waals surface area contributed by atoms with Crippen LogP contribution in [0.1, 0.15) is 39.3 Å². The maximum absolute atomic E-state index is 12.5. The highest BCUT2D eigenvalue weighted by Gasteiger charge is 2.32. The van der Waals surface area contributed by atoms with Crippen LogP contribution in [-0.2, 0) is 12.6 Å². The fourth-order valence-corrected chi connectivity index (χ4v) is 2.54. The van der Waals surface area contributed by atoms with Crippen molar-refractivity contribution in [2.75, 3.05) is 13.1 Å². The Morgan fingerprint density at radius 3 is 2.61 bits per heavy atom. The molecule has 2 aromatic heterocycles. The Balaban J connectivity index is 1.75. The number of carbonyl (C=O) groups excluding carboxylic acids is 1. The molecule has 2 aromatic rings. The van der Waals surface area contributed by atoms with E-state index in [1.54, 1.807) is 11.1 Å². The number of rotatable bonds is 3. The van der Waals surface area contributed by atoms with Crippen molar-refractivity contribution in [3.63, 3.8) is 0 Å². The van der Waals surface area contributed by atoms with E-state index in [1.807, 2.05) is 6.92 Å². The summed E-state index contributed by atoms with van der Waals surface area (Å²) in [6.45, 7) is 3.39. The van der Waals surface area contributed by atoms with E-state index in [2.05, 4.69) is 9.97 Å². The van der Waals surface area contributed by atoms with Crippen molar-refractivity contribution >= 4 is 5.91 Å². The summed E-state index contributed by atoms with van der Waals surface area (Å²) >= 11 is 0. The van der Waals surface area contributed by atoms with Gasteiger partial charge in [-0.05, 0) is 36.1 Å². The highest BCUT2D eigenvalue weighted by molar-refractivity contribution is 5.94. The average Bonchev–Trinajstić information content (AvgIpc) is 2.78. The first-order valence-electron chi connectivity index (χ1n) is 7.34. The quantitative estimate of drug-likeness (QED) is 0.943. The largest absolute Gasteiger partial charge is 0.433 e. The summed E-state index contributed by atoms with van der Waals surface area (Å²) in [5, 5.41) is 0. The van der Waals surface area contributed by atoms with Gasteiger partial charge in [0, 0.05) is 31.9 Å². The van der Waals surface area contributed by atoms with Gasteiger partial charge in [0.25, 0.3) is 5.91 Å². The van der Waals surface area contributed by atoms with Crippen LogP contribution >= 0.6 is 0 Å². The van der Waals surface area contributed by atoms with Crippen LogP contribution in [0.25, 0.3) is 0 Å². The predicted molar refractivity (Wildman–Crippen MR) is 78.1 cm³/mol. The van der Waals surface area contributed by atoms with E-state index in [1.165, 1.54) is 12.3 Å². The SMILES string of the molecule is Cc1c(Cc2ccc(C(F)(F)F)nc2)c[nH]c1C(=O)N1CCC1. The lowest BCUT2D eigenvalue weighted by Gasteiger charge is -2.30. The normalized spacial score (nSPS) is 14.7. The summed E-state index contributed by atoms with van der Waals surface area (Å²) in [5.74, 6) is -0.0226. The van der Waals surface area contributed by atoms with Crippen molar-refractivity contribution < 1.29 is 18.0 Å². The molecule has 0 spiro atoms. The minimum Gasteiger partial charge on any atom is -0.357 e. The molecule has 0 atom stereocenters. The number of H-pyrrole nitrogens is 1. The van der Waals surface area contributed by atoms with E-state index < -0.39 is 11.9 Å². The van der Waals surface area contributed by atoms with Gasteiger partial charge in [-0.2, -0.15) is 13.2 Å². The number of pyridine rings is 1. The van der Waals surface area contributed by atoms with Gasteiger partial charge in [0.15, 0.2) is 0 Å². The lowest BCUT2D eigenvalue weighted by atomic mass is 10.0. The molecule has 3 rings (SSSR count). The molecule has 4 nitrogen and oxygen atoms in total. The Bertz CT molecular complexity index is 715. The van der Waals surface area contributed by atoms with Crippen molar-refractivity contribution in [3.05, 3.63) is 52.6 Å². The first-order valence-corrected chi connectivity index (χ1v) is 7.34. The highest BCUT2D eigenvalue weighted by atomic mass is 19.4. The number of aromatic nitrogens is 2. The molecule has 7 heteroatoms. The van der Waals surface area contributed by atoms with Gasteiger partial charge in [-0.1, -0.05) is 6.07 Å². The number of hydrogen-bond acceptors (Lipinski definition) is 2. The van der Waals surface area contributed by atoms with Crippen LogP contribution in [0.2, 0.25) is 0 Å². The molecular weight excluding hydrogens is 307 g/mol. The summed E-state index contributed by atoms with van der Waals surface area (Å²) < 4.78 is 37.5. The summed E-state index contributed by atoms with van der Waals surface area (Å²) in [5.41, 5.74) is 2.04. The molecule has 1 aliphatic heterocycles. The van der Waals surface area contributed by atoms with Crippen molar-refractivity contribution in [2.45, 2.75) is 25.9 Å². The number of carbonyl (C=O) groups is 1. The van der Waals surface area contributed by atoms with Crippen LogP contribution in [0, 0.1) is 6.92 Å². The minimum atomic E-state index is -4.43. The van der Waals surface area contributed by atoms with E-state index >= 15 is 0 Å². The molecule has 122 valence electrons. The van der Waals surface area contributed by atoms with E-state index in [9.17, 15) is 18.0 Å². The lowest BCUT2D eigenvalue weighted by molar-refractivity contribution is -0.141. The van der Waals surface area contributed by atoms with Gasteiger partial charge < -0.3 is 9.88 Å². The van der Waals surface area contributed by atoms with Crippen LogP contribution in [0.4, 0.5) is 13.2 Å². The van der Waals surface area contributed by atoms with Crippen LogP contribution in [0.3, 0.4) is 0 Å². The molecule has 0 bridgehead atoms. The van der Waals surface area contributed by atoms with E-state index in [0.717, 1.165) is 36.7 Å². The van der Waals surface area contributed by atoms with Crippen molar-refractivity contribution in [1.29, 1.82) is 0 Å². The Hall–Kier alpha value is -2.31. The zero-order chi connectivity index (χ0) is 16.6. The molecule has 0 aliphatic carbocycles. The average molecular weight is 323 g/mol. The van der Waals surface area contributed by atoms with E-state index in [4.69, 9.17) is 0 Å². The minimum absolute atomic E-state index is 0.0226. The molecule has 1 N–H and O–H groups in total. The first-order chi connectivity index (χ1) is 10.9. The Morgan fingerprint density at radius 1 is 1.35 bits per heavy atom. The standard InChI is InChI=1S/C16H16F3N3O/c1-10-12(9-21-14(10)15(23)22-5-2-6-22)7-11-3-4-13(20-8-11)16(17,18)19/h3-4,8-9,21H,2,5-7H2,1H3.